The number of aromatic nitrogens is 2. The highest BCUT2D eigenvalue weighted by atomic mass is 16.3. The van der Waals surface area contributed by atoms with Crippen molar-refractivity contribution in [2.24, 2.45) is 5.92 Å². The molecule has 3 N–H and O–H groups in total. The summed E-state index contributed by atoms with van der Waals surface area (Å²) in [6, 6.07) is 0.00650. The lowest BCUT2D eigenvalue weighted by Crippen LogP contribution is -2.30. The third-order valence-corrected chi connectivity index (χ3v) is 3.12. The smallest absolute Gasteiger partial charge is 0.135 e. The van der Waals surface area contributed by atoms with Crippen LogP contribution in [-0.2, 0) is 0 Å². The number of anilines is 2. The summed E-state index contributed by atoms with van der Waals surface area (Å²) in [5, 5.41) is 16.0. The molecule has 0 fully saturated rings. The summed E-state index contributed by atoms with van der Waals surface area (Å²) in [7, 11) is 0. The molecule has 0 spiro atoms. The van der Waals surface area contributed by atoms with Gasteiger partial charge in [0.05, 0.1) is 12.6 Å². The second-order valence-corrected chi connectivity index (χ2v) is 5.20. The molecule has 0 saturated carbocycles. The zero-order chi connectivity index (χ0) is 14.4. The third-order valence-electron chi connectivity index (χ3n) is 3.12. The van der Waals surface area contributed by atoms with Gasteiger partial charge in [0.1, 0.15) is 17.5 Å². The van der Waals surface area contributed by atoms with Gasteiger partial charge < -0.3 is 15.7 Å². The minimum absolute atomic E-state index is 0.00650. The van der Waals surface area contributed by atoms with Crippen molar-refractivity contribution >= 4 is 11.6 Å². The predicted octanol–water partition coefficient (Wildman–Crippen LogP) is 2.34. The van der Waals surface area contributed by atoms with Crippen LogP contribution in [0, 0.1) is 19.8 Å². The van der Waals surface area contributed by atoms with Crippen molar-refractivity contribution in [2.75, 3.05) is 23.8 Å². The first-order valence-corrected chi connectivity index (χ1v) is 6.96. The van der Waals surface area contributed by atoms with Crippen LogP contribution in [0.25, 0.3) is 0 Å². The Morgan fingerprint density at radius 3 is 2.32 bits per heavy atom. The molecule has 0 amide bonds. The van der Waals surface area contributed by atoms with E-state index in [1.807, 2.05) is 13.8 Å². The maximum atomic E-state index is 9.41. The van der Waals surface area contributed by atoms with Crippen LogP contribution < -0.4 is 10.6 Å². The van der Waals surface area contributed by atoms with Crippen LogP contribution in [0.5, 0.6) is 0 Å². The van der Waals surface area contributed by atoms with Gasteiger partial charge in [0, 0.05) is 12.1 Å². The summed E-state index contributed by atoms with van der Waals surface area (Å²) >= 11 is 0. The van der Waals surface area contributed by atoms with Crippen molar-refractivity contribution in [3.05, 3.63) is 11.4 Å². The molecular weight excluding hydrogens is 240 g/mol. The lowest BCUT2D eigenvalue weighted by atomic mass is 10.1. The summed E-state index contributed by atoms with van der Waals surface area (Å²) in [5.41, 5.74) is 0.998. The standard InChI is InChI=1S/C14H26N4O/c1-6-7-15-13-10(4)14(17-11(5)16-13)18-12(8-19)9(2)3/h9,12,19H,6-8H2,1-5H3,(H2,15,16,17,18)/t12-/m1/s1. The van der Waals surface area contributed by atoms with Gasteiger partial charge >= 0.3 is 0 Å². The number of nitrogens with one attached hydrogen (secondary N) is 2. The van der Waals surface area contributed by atoms with Crippen LogP contribution in [-0.4, -0.2) is 34.3 Å². The normalized spacial score (nSPS) is 12.6. The van der Waals surface area contributed by atoms with E-state index in [2.05, 4.69) is 41.4 Å². The highest BCUT2D eigenvalue weighted by Gasteiger charge is 2.16. The Kier molecular flexibility index (Phi) is 6.02. The van der Waals surface area contributed by atoms with Gasteiger partial charge in [0.2, 0.25) is 0 Å². The third kappa shape index (κ3) is 4.35. The van der Waals surface area contributed by atoms with Crippen molar-refractivity contribution in [1.82, 2.24) is 9.97 Å². The van der Waals surface area contributed by atoms with E-state index in [-0.39, 0.29) is 12.6 Å². The molecule has 0 radical (unpaired) electrons. The molecule has 0 bridgehead atoms. The van der Waals surface area contributed by atoms with Gasteiger partial charge in [-0.2, -0.15) is 0 Å². The summed E-state index contributed by atoms with van der Waals surface area (Å²) < 4.78 is 0. The molecule has 0 aliphatic carbocycles. The monoisotopic (exact) mass is 266 g/mol. The van der Waals surface area contributed by atoms with E-state index in [0.717, 1.165) is 36.0 Å². The maximum absolute atomic E-state index is 9.41. The molecule has 19 heavy (non-hydrogen) atoms. The molecule has 1 atom stereocenters. The highest BCUT2D eigenvalue weighted by molar-refractivity contribution is 5.57. The van der Waals surface area contributed by atoms with Crippen LogP contribution in [0.15, 0.2) is 0 Å². The van der Waals surface area contributed by atoms with Crippen LogP contribution in [0.2, 0.25) is 0 Å². The van der Waals surface area contributed by atoms with Crippen LogP contribution in [0.1, 0.15) is 38.6 Å². The summed E-state index contributed by atoms with van der Waals surface area (Å²) in [4.78, 5) is 8.86. The molecule has 1 aromatic rings. The fourth-order valence-electron chi connectivity index (χ4n) is 1.78. The van der Waals surface area contributed by atoms with Gasteiger partial charge in [-0.05, 0) is 26.2 Å². The molecule has 1 rings (SSSR count). The van der Waals surface area contributed by atoms with Crippen molar-refractivity contribution in [2.45, 2.75) is 47.1 Å². The molecule has 0 aliphatic rings. The average Bonchev–Trinajstić information content (AvgIpc) is 2.37. The summed E-state index contributed by atoms with van der Waals surface area (Å²) in [6.45, 7) is 11.1. The zero-order valence-corrected chi connectivity index (χ0v) is 12.6. The quantitative estimate of drug-likeness (QED) is 0.706. The Hall–Kier alpha value is -1.36. The summed E-state index contributed by atoms with van der Waals surface area (Å²) in [6.07, 6.45) is 1.05. The second-order valence-electron chi connectivity index (χ2n) is 5.20. The maximum Gasteiger partial charge on any atom is 0.135 e. The van der Waals surface area contributed by atoms with E-state index in [1.54, 1.807) is 0 Å². The van der Waals surface area contributed by atoms with Crippen molar-refractivity contribution in [1.29, 1.82) is 0 Å². The minimum atomic E-state index is 0.00650. The molecule has 5 heteroatoms. The first kappa shape index (κ1) is 15.7. The Morgan fingerprint density at radius 1 is 1.16 bits per heavy atom. The molecule has 0 aromatic carbocycles. The van der Waals surface area contributed by atoms with Gasteiger partial charge in [0.25, 0.3) is 0 Å². The van der Waals surface area contributed by atoms with Crippen LogP contribution >= 0.6 is 0 Å². The molecule has 5 nitrogen and oxygen atoms in total. The number of hydrogen-bond acceptors (Lipinski definition) is 5. The number of rotatable bonds is 7. The molecule has 0 saturated heterocycles. The second kappa shape index (κ2) is 7.28. The zero-order valence-electron chi connectivity index (χ0n) is 12.6. The fraction of sp³-hybridized carbons (Fsp3) is 0.714. The number of nitrogens with zero attached hydrogens (tertiary/aromatic N) is 2. The van der Waals surface area contributed by atoms with Crippen LogP contribution in [0.3, 0.4) is 0 Å². The first-order valence-electron chi connectivity index (χ1n) is 6.96. The van der Waals surface area contributed by atoms with Gasteiger partial charge in [-0.15, -0.1) is 0 Å². The number of aliphatic hydroxyl groups is 1. The SMILES string of the molecule is CCCNc1nc(C)nc(N[C@H](CO)C(C)C)c1C. The van der Waals surface area contributed by atoms with E-state index >= 15 is 0 Å². The lowest BCUT2D eigenvalue weighted by molar-refractivity contribution is 0.249. The molecule has 1 heterocycles. The van der Waals surface area contributed by atoms with Gasteiger partial charge in [-0.1, -0.05) is 20.8 Å². The van der Waals surface area contributed by atoms with Crippen molar-refractivity contribution < 1.29 is 5.11 Å². The van der Waals surface area contributed by atoms with E-state index in [0.29, 0.717) is 5.92 Å². The molecule has 0 unspecified atom stereocenters. The molecule has 108 valence electrons. The van der Waals surface area contributed by atoms with E-state index < -0.39 is 0 Å². The van der Waals surface area contributed by atoms with Gasteiger partial charge in [-0.3, -0.25) is 0 Å². The van der Waals surface area contributed by atoms with Crippen LogP contribution in [0.4, 0.5) is 11.6 Å². The number of hydrogen-bond donors (Lipinski definition) is 3. The number of aliphatic hydroxyl groups excluding tert-OH is 1. The summed E-state index contributed by atoms with van der Waals surface area (Å²) in [5.74, 6) is 2.75. The topological polar surface area (TPSA) is 70.1 Å². The van der Waals surface area contributed by atoms with Crippen molar-refractivity contribution in [3.63, 3.8) is 0 Å². The Morgan fingerprint density at radius 2 is 1.79 bits per heavy atom. The Bertz CT molecular complexity index is 407. The van der Waals surface area contributed by atoms with Gasteiger partial charge in [-0.25, -0.2) is 9.97 Å². The lowest BCUT2D eigenvalue weighted by Gasteiger charge is -2.22. The Balaban J connectivity index is 2.96. The average molecular weight is 266 g/mol. The van der Waals surface area contributed by atoms with E-state index in [4.69, 9.17) is 0 Å². The molecule has 0 aliphatic heterocycles. The van der Waals surface area contributed by atoms with Gasteiger partial charge in [0.15, 0.2) is 0 Å². The molecular formula is C14H26N4O. The number of aryl methyl sites for hydroxylation is 1. The first-order chi connectivity index (χ1) is 8.99. The predicted molar refractivity (Wildman–Crippen MR) is 79.6 cm³/mol. The van der Waals surface area contributed by atoms with E-state index in [9.17, 15) is 5.11 Å². The minimum Gasteiger partial charge on any atom is -0.394 e. The highest BCUT2D eigenvalue weighted by Crippen LogP contribution is 2.21. The fourth-order valence-corrected chi connectivity index (χ4v) is 1.78. The Labute approximate surface area is 115 Å². The van der Waals surface area contributed by atoms with Crippen molar-refractivity contribution in [3.8, 4) is 0 Å². The molecule has 1 aromatic heterocycles. The largest absolute Gasteiger partial charge is 0.394 e. The van der Waals surface area contributed by atoms with E-state index in [1.165, 1.54) is 0 Å².